The number of halogens is 1. The third-order valence-corrected chi connectivity index (χ3v) is 2.57. The van der Waals surface area contributed by atoms with Crippen LogP contribution in [0.1, 0.15) is 13.8 Å². The van der Waals surface area contributed by atoms with Gasteiger partial charge in [-0.05, 0) is 48.0 Å². The van der Waals surface area contributed by atoms with Crippen molar-refractivity contribution in [1.29, 1.82) is 0 Å². The van der Waals surface area contributed by atoms with Crippen molar-refractivity contribution in [1.82, 2.24) is 0 Å². The van der Waals surface area contributed by atoms with E-state index in [1.54, 1.807) is 0 Å². The van der Waals surface area contributed by atoms with Gasteiger partial charge in [0.25, 0.3) is 0 Å². The van der Waals surface area contributed by atoms with E-state index in [1.807, 2.05) is 38.1 Å². The zero-order chi connectivity index (χ0) is 10.6. The second kappa shape index (κ2) is 5.05. The molecule has 0 radical (unpaired) electrons. The third-order valence-electron chi connectivity index (χ3n) is 1.72. The molecule has 1 aromatic carbocycles. The molecule has 2 N–H and O–H groups in total. The van der Waals surface area contributed by atoms with Crippen LogP contribution < -0.4 is 10.5 Å². The number of allylic oxidation sites excluding steroid dienone is 1. The van der Waals surface area contributed by atoms with Crippen LogP contribution in [0.5, 0.6) is 5.75 Å². The Balaban J connectivity index is 2.68. The lowest BCUT2D eigenvalue weighted by Gasteiger charge is -2.07. The van der Waals surface area contributed by atoms with Crippen molar-refractivity contribution >= 4 is 21.6 Å². The first-order chi connectivity index (χ1) is 6.61. The smallest absolute Gasteiger partial charge is 0.136 e. The fraction of sp³-hybridized carbons (Fsp3) is 0.273. The minimum atomic E-state index is 0.574. The Morgan fingerprint density at radius 2 is 2.21 bits per heavy atom. The van der Waals surface area contributed by atoms with Crippen molar-refractivity contribution in [3.05, 3.63) is 34.3 Å². The molecule has 76 valence electrons. The maximum absolute atomic E-state index is 5.71. The van der Waals surface area contributed by atoms with Crippen LogP contribution in [-0.4, -0.2) is 6.61 Å². The lowest BCUT2D eigenvalue weighted by Crippen LogP contribution is -1.96. The quantitative estimate of drug-likeness (QED) is 0.664. The summed E-state index contributed by atoms with van der Waals surface area (Å²) in [6.07, 6.45) is 2.02. The van der Waals surface area contributed by atoms with Crippen molar-refractivity contribution in [3.8, 4) is 5.75 Å². The summed E-state index contributed by atoms with van der Waals surface area (Å²) in [5.74, 6) is 0.780. The molecule has 0 aromatic heterocycles. The summed E-state index contributed by atoms with van der Waals surface area (Å²) in [5, 5.41) is 0. The van der Waals surface area contributed by atoms with Gasteiger partial charge < -0.3 is 10.5 Å². The third kappa shape index (κ3) is 3.07. The number of hydrogen-bond acceptors (Lipinski definition) is 2. The van der Waals surface area contributed by atoms with Gasteiger partial charge in [0.15, 0.2) is 0 Å². The molecule has 0 atom stereocenters. The number of rotatable bonds is 3. The summed E-state index contributed by atoms with van der Waals surface area (Å²) < 4.78 is 6.35. The predicted molar refractivity (Wildman–Crippen MR) is 63.5 cm³/mol. The van der Waals surface area contributed by atoms with Crippen molar-refractivity contribution in [2.75, 3.05) is 12.3 Å². The highest BCUT2D eigenvalue weighted by Crippen LogP contribution is 2.30. The van der Waals surface area contributed by atoms with Gasteiger partial charge in [-0.15, -0.1) is 0 Å². The molecule has 0 aliphatic heterocycles. The minimum absolute atomic E-state index is 0.574. The predicted octanol–water partition coefficient (Wildman–Crippen LogP) is 3.38. The Bertz CT molecular complexity index is 343. The van der Waals surface area contributed by atoms with Crippen LogP contribution in [0, 0.1) is 0 Å². The van der Waals surface area contributed by atoms with Crippen molar-refractivity contribution in [3.63, 3.8) is 0 Å². The van der Waals surface area contributed by atoms with Gasteiger partial charge in [-0.3, -0.25) is 0 Å². The number of nitrogen functional groups attached to an aromatic ring is 1. The van der Waals surface area contributed by atoms with Crippen LogP contribution in [0.2, 0.25) is 0 Å². The summed E-state index contributed by atoms with van der Waals surface area (Å²) in [7, 11) is 0. The molecule has 0 amide bonds. The van der Waals surface area contributed by atoms with E-state index in [1.165, 1.54) is 5.57 Å². The lowest BCUT2D eigenvalue weighted by atomic mass is 10.3. The van der Waals surface area contributed by atoms with Gasteiger partial charge in [-0.25, -0.2) is 0 Å². The number of hydrogen-bond donors (Lipinski definition) is 1. The molecule has 0 saturated heterocycles. The van der Waals surface area contributed by atoms with Gasteiger partial charge >= 0.3 is 0 Å². The molecule has 14 heavy (non-hydrogen) atoms. The summed E-state index contributed by atoms with van der Waals surface area (Å²) >= 11 is 3.38. The van der Waals surface area contributed by atoms with E-state index in [-0.39, 0.29) is 0 Å². The summed E-state index contributed by atoms with van der Waals surface area (Å²) in [6.45, 7) is 4.65. The first kappa shape index (κ1) is 11.1. The lowest BCUT2D eigenvalue weighted by molar-refractivity contribution is 0.360. The Morgan fingerprint density at radius 3 is 2.86 bits per heavy atom. The first-order valence-corrected chi connectivity index (χ1v) is 5.20. The zero-order valence-corrected chi connectivity index (χ0v) is 9.97. The van der Waals surface area contributed by atoms with Crippen LogP contribution in [-0.2, 0) is 0 Å². The van der Waals surface area contributed by atoms with Crippen LogP contribution in [0.15, 0.2) is 34.3 Å². The van der Waals surface area contributed by atoms with E-state index in [0.29, 0.717) is 12.3 Å². The standard InChI is InChI=1S/C11H14BrNO/c1-8(2)6-7-14-10-5-3-4-9(13)11(10)12/h3-6H,7,13H2,1-2H3. The first-order valence-electron chi connectivity index (χ1n) is 4.41. The number of ether oxygens (including phenoxy) is 1. The maximum Gasteiger partial charge on any atom is 0.136 e. The van der Waals surface area contributed by atoms with E-state index < -0.39 is 0 Å². The summed E-state index contributed by atoms with van der Waals surface area (Å²) in [6, 6.07) is 5.59. The monoisotopic (exact) mass is 255 g/mol. The van der Waals surface area contributed by atoms with Gasteiger partial charge in [0.05, 0.1) is 4.47 Å². The van der Waals surface area contributed by atoms with Crippen molar-refractivity contribution in [2.45, 2.75) is 13.8 Å². The molecule has 0 bridgehead atoms. The molecule has 1 aromatic rings. The van der Waals surface area contributed by atoms with E-state index >= 15 is 0 Å². The summed E-state index contributed by atoms with van der Waals surface area (Å²) in [5.41, 5.74) is 7.64. The number of anilines is 1. The van der Waals surface area contributed by atoms with E-state index in [9.17, 15) is 0 Å². The maximum atomic E-state index is 5.71. The van der Waals surface area contributed by atoms with Crippen LogP contribution in [0.4, 0.5) is 5.69 Å². The fourth-order valence-electron chi connectivity index (χ4n) is 0.937. The molecule has 0 aliphatic rings. The highest BCUT2D eigenvalue weighted by atomic mass is 79.9. The molecule has 0 fully saturated rings. The molecule has 2 nitrogen and oxygen atoms in total. The van der Waals surface area contributed by atoms with Gasteiger partial charge in [0.1, 0.15) is 12.4 Å². The zero-order valence-electron chi connectivity index (χ0n) is 8.38. The average molecular weight is 256 g/mol. The van der Waals surface area contributed by atoms with E-state index in [4.69, 9.17) is 10.5 Å². The topological polar surface area (TPSA) is 35.2 Å². The Morgan fingerprint density at radius 1 is 1.50 bits per heavy atom. The van der Waals surface area contributed by atoms with Gasteiger partial charge in [0, 0.05) is 5.69 Å². The summed E-state index contributed by atoms with van der Waals surface area (Å²) in [4.78, 5) is 0. The van der Waals surface area contributed by atoms with Crippen LogP contribution >= 0.6 is 15.9 Å². The van der Waals surface area contributed by atoms with Crippen LogP contribution in [0.3, 0.4) is 0 Å². The SMILES string of the molecule is CC(C)=CCOc1cccc(N)c1Br. The van der Waals surface area contributed by atoms with E-state index in [0.717, 1.165) is 10.2 Å². The average Bonchev–Trinajstić information content (AvgIpc) is 2.12. The molecule has 0 heterocycles. The van der Waals surface area contributed by atoms with Gasteiger partial charge in [0.2, 0.25) is 0 Å². The Labute approximate surface area is 92.9 Å². The van der Waals surface area contributed by atoms with E-state index in [2.05, 4.69) is 15.9 Å². The highest BCUT2D eigenvalue weighted by Gasteiger charge is 2.02. The molecule has 0 spiro atoms. The molecule has 0 unspecified atom stereocenters. The minimum Gasteiger partial charge on any atom is -0.488 e. The second-order valence-electron chi connectivity index (χ2n) is 3.25. The Kier molecular flexibility index (Phi) is 4.01. The van der Waals surface area contributed by atoms with Gasteiger partial charge in [-0.2, -0.15) is 0 Å². The normalized spacial score (nSPS) is 9.64. The molecular weight excluding hydrogens is 242 g/mol. The van der Waals surface area contributed by atoms with Gasteiger partial charge in [-0.1, -0.05) is 11.6 Å². The fourth-order valence-corrected chi connectivity index (χ4v) is 1.32. The molecule has 3 heteroatoms. The second-order valence-corrected chi connectivity index (χ2v) is 4.04. The molecular formula is C11H14BrNO. The number of benzene rings is 1. The molecule has 1 rings (SSSR count). The molecule has 0 saturated carbocycles. The highest BCUT2D eigenvalue weighted by molar-refractivity contribution is 9.10. The number of nitrogens with two attached hydrogens (primary N) is 1. The largest absolute Gasteiger partial charge is 0.488 e. The Hall–Kier alpha value is -0.960. The van der Waals surface area contributed by atoms with Crippen molar-refractivity contribution < 1.29 is 4.74 Å². The van der Waals surface area contributed by atoms with Crippen LogP contribution in [0.25, 0.3) is 0 Å². The van der Waals surface area contributed by atoms with Crippen molar-refractivity contribution in [2.24, 2.45) is 0 Å². The molecule has 0 aliphatic carbocycles.